The standard InChI is InChI=1S/C22H22ClN3O2/c1-3-26(15-16-7-5-4-6-8-16)18-11-12-24-20(14-18)22(27)25-17-9-10-21(28-2)19(23)13-17/h4-14H,3,15H2,1-2H3,(H,25,27). The Labute approximate surface area is 169 Å². The van der Waals surface area contributed by atoms with E-state index in [9.17, 15) is 4.79 Å². The molecule has 0 atom stereocenters. The van der Waals surface area contributed by atoms with Crippen molar-refractivity contribution < 1.29 is 9.53 Å². The van der Waals surface area contributed by atoms with Crippen molar-refractivity contribution >= 4 is 28.9 Å². The van der Waals surface area contributed by atoms with E-state index in [0.717, 1.165) is 18.8 Å². The highest BCUT2D eigenvalue weighted by Gasteiger charge is 2.13. The summed E-state index contributed by atoms with van der Waals surface area (Å²) in [4.78, 5) is 19.0. The highest BCUT2D eigenvalue weighted by molar-refractivity contribution is 6.32. The molecule has 3 aromatic rings. The number of methoxy groups -OCH3 is 1. The minimum absolute atomic E-state index is 0.293. The number of nitrogens with one attached hydrogen (secondary N) is 1. The molecule has 3 rings (SSSR count). The number of ether oxygens (including phenoxy) is 1. The van der Waals surface area contributed by atoms with Crippen molar-refractivity contribution in [1.82, 2.24) is 4.98 Å². The molecule has 0 fully saturated rings. The Hall–Kier alpha value is -3.05. The van der Waals surface area contributed by atoms with Gasteiger partial charge in [-0.2, -0.15) is 0 Å². The van der Waals surface area contributed by atoms with Crippen molar-refractivity contribution in [2.45, 2.75) is 13.5 Å². The number of benzene rings is 2. The minimum atomic E-state index is -0.293. The second-order valence-electron chi connectivity index (χ2n) is 6.20. The van der Waals surface area contributed by atoms with E-state index in [1.54, 1.807) is 37.6 Å². The van der Waals surface area contributed by atoms with Crippen LogP contribution in [0.3, 0.4) is 0 Å². The van der Waals surface area contributed by atoms with Crippen molar-refractivity contribution in [2.75, 3.05) is 23.9 Å². The fourth-order valence-electron chi connectivity index (χ4n) is 2.87. The summed E-state index contributed by atoms with van der Waals surface area (Å²) in [6.45, 7) is 3.66. The molecule has 5 nitrogen and oxygen atoms in total. The number of amides is 1. The number of aromatic nitrogens is 1. The summed E-state index contributed by atoms with van der Waals surface area (Å²) in [7, 11) is 1.55. The molecule has 144 valence electrons. The molecule has 1 aromatic heterocycles. The Bertz CT molecular complexity index is 948. The van der Waals surface area contributed by atoms with Crippen LogP contribution in [-0.2, 0) is 6.54 Å². The molecule has 0 saturated heterocycles. The topological polar surface area (TPSA) is 54.5 Å². The molecule has 1 heterocycles. The van der Waals surface area contributed by atoms with Crippen molar-refractivity contribution in [2.24, 2.45) is 0 Å². The lowest BCUT2D eigenvalue weighted by atomic mass is 10.2. The number of hydrogen-bond acceptors (Lipinski definition) is 4. The van der Waals surface area contributed by atoms with Gasteiger partial charge in [0.05, 0.1) is 12.1 Å². The average molecular weight is 396 g/mol. The molecule has 6 heteroatoms. The molecule has 0 spiro atoms. The van der Waals surface area contributed by atoms with Crippen molar-refractivity contribution in [3.8, 4) is 5.75 Å². The summed E-state index contributed by atoms with van der Waals surface area (Å²) in [5.74, 6) is 0.262. The number of halogens is 1. The summed E-state index contributed by atoms with van der Waals surface area (Å²) in [5, 5.41) is 3.26. The SMILES string of the molecule is CCN(Cc1ccccc1)c1ccnc(C(=O)Nc2ccc(OC)c(Cl)c2)c1. The lowest BCUT2D eigenvalue weighted by molar-refractivity contribution is 0.102. The van der Waals surface area contributed by atoms with E-state index >= 15 is 0 Å². The van der Waals surface area contributed by atoms with Crippen molar-refractivity contribution in [1.29, 1.82) is 0 Å². The Morgan fingerprint density at radius 1 is 1.14 bits per heavy atom. The highest BCUT2D eigenvalue weighted by Crippen LogP contribution is 2.27. The van der Waals surface area contributed by atoms with Crippen LogP contribution in [0, 0.1) is 0 Å². The van der Waals surface area contributed by atoms with E-state index in [1.165, 1.54) is 5.56 Å². The van der Waals surface area contributed by atoms with Crippen LogP contribution >= 0.6 is 11.6 Å². The van der Waals surface area contributed by atoms with Gasteiger partial charge in [0.25, 0.3) is 5.91 Å². The van der Waals surface area contributed by atoms with Crippen LogP contribution in [0.1, 0.15) is 23.0 Å². The van der Waals surface area contributed by atoms with E-state index in [1.807, 2.05) is 24.3 Å². The second kappa shape index (κ2) is 9.24. The molecular formula is C22H22ClN3O2. The summed E-state index contributed by atoms with van der Waals surface area (Å²) in [5.41, 5.74) is 3.08. The predicted molar refractivity (Wildman–Crippen MR) is 113 cm³/mol. The fourth-order valence-corrected chi connectivity index (χ4v) is 3.13. The number of nitrogens with zero attached hydrogens (tertiary/aromatic N) is 2. The number of carbonyl (C=O) groups is 1. The van der Waals surface area contributed by atoms with Gasteiger partial charge >= 0.3 is 0 Å². The lowest BCUT2D eigenvalue weighted by Gasteiger charge is -2.23. The van der Waals surface area contributed by atoms with E-state index in [-0.39, 0.29) is 5.91 Å². The largest absolute Gasteiger partial charge is 0.495 e. The van der Waals surface area contributed by atoms with E-state index < -0.39 is 0 Å². The zero-order valence-corrected chi connectivity index (χ0v) is 16.6. The Balaban J connectivity index is 1.76. The molecule has 0 radical (unpaired) electrons. The van der Waals surface area contributed by atoms with Crippen LogP contribution in [0.25, 0.3) is 0 Å². The van der Waals surface area contributed by atoms with Crippen LogP contribution < -0.4 is 15.0 Å². The van der Waals surface area contributed by atoms with Crippen molar-refractivity contribution in [3.05, 3.63) is 83.1 Å². The molecule has 0 aliphatic carbocycles. The number of carbonyl (C=O) groups excluding carboxylic acids is 1. The summed E-state index contributed by atoms with van der Waals surface area (Å²) in [6.07, 6.45) is 1.65. The van der Waals surface area contributed by atoms with Gasteiger partial charge in [-0.15, -0.1) is 0 Å². The Morgan fingerprint density at radius 2 is 1.93 bits per heavy atom. The molecule has 2 aromatic carbocycles. The van der Waals surface area contributed by atoms with Gasteiger partial charge in [0.1, 0.15) is 11.4 Å². The van der Waals surface area contributed by atoms with Crippen LogP contribution in [0.2, 0.25) is 5.02 Å². The normalized spacial score (nSPS) is 10.4. The smallest absolute Gasteiger partial charge is 0.274 e. The molecule has 0 unspecified atom stereocenters. The van der Waals surface area contributed by atoms with Crippen LogP contribution in [-0.4, -0.2) is 24.5 Å². The summed E-state index contributed by atoms with van der Waals surface area (Å²) >= 11 is 6.12. The maximum absolute atomic E-state index is 12.6. The molecule has 1 N–H and O–H groups in total. The lowest BCUT2D eigenvalue weighted by Crippen LogP contribution is -2.23. The van der Waals surface area contributed by atoms with Crippen LogP contribution in [0.5, 0.6) is 5.75 Å². The van der Waals surface area contributed by atoms with Gasteiger partial charge in [0.15, 0.2) is 0 Å². The third-order valence-electron chi connectivity index (χ3n) is 4.35. The number of anilines is 2. The molecule has 0 bridgehead atoms. The first-order valence-corrected chi connectivity index (χ1v) is 9.38. The van der Waals surface area contributed by atoms with Crippen LogP contribution in [0.15, 0.2) is 66.9 Å². The van der Waals surface area contributed by atoms with E-state index in [4.69, 9.17) is 16.3 Å². The predicted octanol–water partition coefficient (Wildman–Crippen LogP) is 5.02. The molecule has 1 amide bonds. The van der Waals surface area contributed by atoms with Gasteiger partial charge in [0.2, 0.25) is 0 Å². The number of hydrogen-bond donors (Lipinski definition) is 1. The van der Waals surface area contributed by atoms with E-state index in [0.29, 0.717) is 22.2 Å². The monoisotopic (exact) mass is 395 g/mol. The first-order chi connectivity index (χ1) is 13.6. The van der Waals surface area contributed by atoms with Crippen LogP contribution in [0.4, 0.5) is 11.4 Å². The maximum atomic E-state index is 12.6. The molecule has 0 aliphatic heterocycles. The fraction of sp³-hybridized carbons (Fsp3) is 0.182. The maximum Gasteiger partial charge on any atom is 0.274 e. The van der Waals surface area contributed by atoms with Gasteiger partial charge in [-0.05, 0) is 42.8 Å². The minimum Gasteiger partial charge on any atom is -0.495 e. The summed E-state index contributed by atoms with van der Waals surface area (Å²) in [6, 6.07) is 19.0. The van der Waals surface area contributed by atoms with Gasteiger partial charge in [-0.3, -0.25) is 9.78 Å². The zero-order chi connectivity index (χ0) is 19.9. The summed E-state index contributed by atoms with van der Waals surface area (Å²) < 4.78 is 5.13. The van der Waals surface area contributed by atoms with E-state index in [2.05, 4.69) is 34.3 Å². The van der Waals surface area contributed by atoms with Gasteiger partial charge < -0.3 is 15.0 Å². The number of rotatable bonds is 7. The number of pyridine rings is 1. The molecular weight excluding hydrogens is 374 g/mol. The second-order valence-corrected chi connectivity index (χ2v) is 6.61. The third kappa shape index (κ3) is 4.81. The first kappa shape index (κ1) is 19.7. The molecule has 28 heavy (non-hydrogen) atoms. The third-order valence-corrected chi connectivity index (χ3v) is 4.64. The van der Waals surface area contributed by atoms with Gasteiger partial charge in [-0.25, -0.2) is 0 Å². The quantitative estimate of drug-likeness (QED) is 0.610. The average Bonchev–Trinajstić information content (AvgIpc) is 2.73. The van der Waals surface area contributed by atoms with Gasteiger partial charge in [-0.1, -0.05) is 41.9 Å². The molecule has 0 aliphatic rings. The van der Waals surface area contributed by atoms with Crippen molar-refractivity contribution in [3.63, 3.8) is 0 Å². The molecule has 0 saturated carbocycles. The highest BCUT2D eigenvalue weighted by atomic mass is 35.5. The zero-order valence-electron chi connectivity index (χ0n) is 15.9. The van der Waals surface area contributed by atoms with Gasteiger partial charge in [0, 0.05) is 30.7 Å². The first-order valence-electron chi connectivity index (χ1n) is 9.00. The Morgan fingerprint density at radius 3 is 2.61 bits per heavy atom. The Kier molecular flexibility index (Phi) is 6.50.